The van der Waals surface area contributed by atoms with Crippen molar-refractivity contribution in [2.45, 2.75) is 195 Å². The van der Waals surface area contributed by atoms with E-state index in [1.807, 2.05) is 12.1 Å². The molecule has 6 heteroatoms. The van der Waals surface area contributed by atoms with E-state index in [1.165, 1.54) is 76.7 Å². The molecule has 3 fully saturated rings. The van der Waals surface area contributed by atoms with Gasteiger partial charge in [0.05, 0.1) is 13.2 Å². The number of rotatable bonds is 24. The molecule has 8 atom stereocenters. The number of carbonyl (C=O) groups is 1. The topological polar surface area (TPSA) is 44.8 Å². The van der Waals surface area contributed by atoms with E-state index in [4.69, 9.17) is 14.2 Å². The van der Waals surface area contributed by atoms with Crippen molar-refractivity contribution in [1.29, 1.82) is 0 Å². The average molecular weight is 845 g/mol. The Hall–Kier alpha value is -2.89. The maximum Gasteiger partial charge on any atom is 0.306 e. The van der Waals surface area contributed by atoms with Crippen molar-refractivity contribution in [3.8, 4) is 22.6 Å². The first-order chi connectivity index (χ1) is 29.4. The minimum atomic E-state index is -0.937. The maximum atomic E-state index is 15.0. The number of unbranched alkanes of at least 4 members (excludes halogenated alkanes) is 9. The summed E-state index contributed by atoms with van der Waals surface area (Å²) in [6.45, 7) is 15.7. The van der Waals surface area contributed by atoms with Crippen LogP contribution in [-0.2, 0) is 9.53 Å². The fraction of sp³-hybridized carbons (Fsp3) is 0.727. The zero-order chi connectivity index (χ0) is 43.4. The van der Waals surface area contributed by atoms with Gasteiger partial charge in [-0.1, -0.05) is 136 Å². The second-order valence-electron chi connectivity index (χ2n) is 20.9. The van der Waals surface area contributed by atoms with Crippen LogP contribution in [0.25, 0.3) is 11.1 Å². The van der Waals surface area contributed by atoms with Crippen molar-refractivity contribution < 1.29 is 27.8 Å². The lowest BCUT2D eigenvalue weighted by Gasteiger charge is -2.58. The van der Waals surface area contributed by atoms with E-state index in [1.54, 1.807) is 23.8 Å². The van der Waals surface area contributed by atoms with Crippen molar-refractivity contribution >= 4 is 5.97 Å². The molecule has 4 aliphatic rings. The van der Waals surface area contributed by atoms with Crippen LogP contribution >= 0.6 is 0 Å². The van der Waals surface area contributed by atoms with E-state index in [0.717, 1.165) is 106 Å². The summed E-state index contributed by atoms with van der Waals surface area (Å²) in [4.78, 5) is 13.0. The van der Waals surface area contributed by atoms with Crippen LogP contribution in [0.4, 0.5) is 8.78 Å². The first kappa shape index (κ1) is 47.6. The molecule has 0 N–H and O–H groups in total. The third kappa shape index (κ3) is 12.0. The summed E-state index contributed by atoms with van der Waals surface area (Å²) in [6.07, 6.45) is 28.8. The predicted molar refractivity (Wildman–Crippen MR) is 247 cm³/mol. The minimum absolute atomic E-state index is 0.0296. The normalized spacial score (nSPS) is 27.5. The van der Waals surface area contributed by atoms with Gasteiger partial charge in [0.1, 0.15) is 11.9 Å². The lowest BCUT2D eigenvalue weighted by Crippen LogP contribution is -2.51. The number of hydrogen-bond acceptors (Lipinski definition) is 4. The lowest BCUT2D eigenvalue weighted by atomic mass is 9.47. The Morgan fingerprint density at radius 2 is 1.44 bits per heavy atom. The number of esters is 1. The average Bonchev–Trinajstić information content (AvgIpc) is 3.60. The van der Waals surface area contributed by atoms with Gasteiger partial charge in [-0.3, -0.25) is 4.79 Å². The monoisotopic (exact) mass is 845 g/mol. The molecular formula is C55H82F2O4. The Balaban J connectivity index is 0.843. The number of halogens is 2. The molecule has 4 aliphatic carbocycles. The van der Waals surface area contributed by atoms with Crippen LogP contribution in [0.1, 0.15) is 189 Å². The minimum Gasteiger partial charge on any atom is -0.494 e. The summed E-state index contributed by atoms with van der Waals surface area (Å²) in [6, 6.07) is 10.3. The van der Waals surface area contributed by atoms with Gasteiger partial charge in [-0.05, 0) is 140 Å². The lowest BCUT2D eigenvalue weighted by molar-refractivity contribution is -0.151. The van der Waals surface area contributed by atoms with Crippen LogP contribution < -0.4 is 9.47 Å². The van der Waals surface area contributed by atoms with Gasteiger partial charge in [-0.25, -0.2) is 4.39 Å². The van der Waals surface area contributed by atoms with Crippen molar-refractivity contribution in [2.24, 2.45) is 46.3 Å². The Labute approximate surface area is 369 Å². The van der Waals surface area contributed by atoms with Gasteiger partial charge in [0, 0.05) is 18.4 Å². The molecule has 2 aromatic carbocycles. The van der Waals surface area contributed by atoms with Crippen LogP contribution in [0.2, 0.25) is 0 Å². The number of allylic oxidation sites excluding steroid dienone is 1. The number of carbonyl (C=O) groups excluding carboxylic acids is 1. The maximum absolute atomic E-state index is 15.0. The summed E-state index contributed by atoms with van der Waals surface area (Å²) in [5.74, 6) is 3.86. The summed E-state index contributed by atoms with van der Waals surface area (Å²) in [5.41, 5.74) is 3.19. The molecule has 4 nitrogen and oxygen atoms in total. The first-order valence-corrected chi connectivity index (χ1v) is 25.2. The molecule has 0 unspecified atom stereocenters. The Kier molecular flexibility index (Phi) is 17.7. The Morgan fingerprint density at radius 3 is 2.18 bits per heavy atom. The Bertz CT molecular complexity index is 1700. The highest BCUT2D eigenvalue weighted by Crippen LogP contribution is 2.67. The Morgan fingerprint density at radius 1 is 0.738 bits per heavy atom. The highest BCUT2D eigenvalue weighted by molar-refractivity contribution is 5.69. The van der Waals surface area contributed by atoms with E-state index in [9.17, 15) is 13.6 Å². The number of ether oxygens (including phenoxy) is 3. The third-order valence-corrected chi connectivity index (χ3v) is 16.3. The van der Waals surface area contributed by atoms with E-state index >= 15 is 0 Å². The molecule has 0 aromatic heterocycles. The number of fused-ring (bicyclic) bond motifs is 5. The smallest absolute Gasteiger partial charge is 0.306 e. The summed E-state index contributed by atoms with van der Waals surface area (Å²) in [7, 11) is 0. The third-order valence-electron chi connectivity index (χ3n) is 16.3. The highest BCUT2D eigenvalue weighted by Gasteiger charge is 2.59. The van der Waals surface area contributed by atoms with Crippen LogP contribution in [0.15, 0.2) is 48.0 Å². The molecule has 2 aromatic rings. The van der Waals surface area contributed by atoms with Gasteiger partial charge in [-0.15, -0.1) is 0 Å². The van der Waals surface area contributed by atoms with Crippen LogP contribution in [0.5, 0.6) is 11.5 Å². The molecule has 0 aliphatic heterocycles. The molecule has 0 radical (unpaired) electrons. The van der Waals surface area contributed by atoms with E-state index in [2.05, 4.69) is 47.6 Å². The number of benzene rings is 2. The van der Waals surface area contributed by atoms with Gasteiger partial charge >= 0.3 is 5.97 Å². The molecule has 0 heterocycles. The van der Waals surface area contributed by atoms with Crippen LogP contribution in [0, 0.1) is 58.0 Å². The molecule has 6 rings (SSSR count). The van der Waals surface area contributed by atoms with Crippen molar-refractivity contribution in [1.82, 2.24) is 0 Å². The highest BCUT2D eigenvalue weighted by atomic mass is 19.2. The zero-order valence-electron chi connectivity index (χ0n) is 39.1. The molecule has 0 spiro atoms. The van der Waals surface area contributed by atoms with Gasteiger partial charge in [0.25, 0.3) is 0 Å². The molecule has 0 saturated heterocycles. The quantitative estimate of drug-likeness (QED) is 0.0600. The summed E-state index contributed by atoms with van der Waals surface area (Å²) < 4.78 is 47.4. The molecule has 340 valence electrons. The molecule has 3 saturated carbocycles. The van der Waals surface area contributed by atoms with Crippen molar-refractivity contribution in [3.63, 3.8) is 0 Å². The largest absolute Gasteiger partial charge is 0.494 e. The zero-order valence-corrected chi connectivity index (χ0v) is 39.1. The molecular weight excluding hydrogens is 763 g/mol. The molecule has 0 bridgehead atoms. The van der Waals surface area contributed by atoms with Crippen molar-refractivity contribution in [3.05, 3.63) is 59.7 Å². The number of hydrogen-bond donors (Lipinski definition) is 0. The van der Waals surface area contributed by atoms with E-state index in [0.29, 0.717) is 36.4 Å². The predicted octanol–water partition coefficient (Wildman–Crippen LogP) is 16.0. The van der Waals surface area contributed by atoms with Gasteiger partial charge in [-0.2, -0.15) is 4.39 Å². The van der Waals surface area contributed by atoms with Crippen LogP contribution in [0.3, 0.4) is 0 Å². The molecule has 61 heavy (non-hydrogen) atoms. The van der Waals surface area contributed by atoms with Gasteiger partial charge in [0.15, 0.2) is 11.6 Å². The summed E-state index contributed by atoms with van der Waals surface area (Å²) >= 11 is 0. The summed E-state index contributed by atoms with van der Waals surface area (Å²) in [5, 5.41) is 0. The van der Waals surface area contributed by atoms with Gasteiger partial charge in [0.2, 0.25) is 5.82 Å². The standard InChI is InChI=1S/C55H82F2O4/c1-7-8-9-10-13-17-37-60-50-31-28-45(52(56)53(50)57)41-22-25-43(26-23-41)59-36-16-14-11-12-15-21-51(58)61-44-32-34-54(5)42(38-44)24-27-46-48-30-29-47(40(4)20-18-19-39(2)3)55(48,6)35-33-49(46)54/h22-26,28,31,39-40,44,46-49H,7-21,27,29-30,32-38H2,1-6H3/t40-,44+,46+,47-,48+,49+,54+,55-/m1/s1. The van der Waals surface area contributed by atoms with E-state index < -0.39 is 11.6 Å². The second kappa shape index (κ2) is 22.6. The van der Waals surface area contributed by atoms with Crippen molar-refractivity contribution in [2.75, 3.05) is 13.2 Å². The second-order valence-corrected chi connectivity index (χ2v) is 20.9. The SMILES string of the molecule is CCCCCCCCOc1ccc(-c2ccc(OCCCCCCCC(=O)O[C@H]3CC[C@@]4(C)C(=CC[C@H]5[C@@H]6CC[C@H]([C@H](C)CCCC(C)C)[C@@]6(C)CC[C@@H]54)C3)cc2)c(F)c1F. The fourth-order valence-electron chi connectivity index (χ4n) is 12.8. The van der Waals surface area contributed by atoms with E-state index in [-0.39, 0.29) is 28.8 Å². The van der Waals surface area contributed by atoms with Gasteiger partial charge < -0.3 is 14.2 Å². The fourth-order valence-corrected chi connectivity index (χ4v) is 12.8. The first-order valence-electron chi connectivity index (χ1n) is 25.2. The molecule has 0 amide bonds. The van der Waals surface area contributed by atoms with Crippen LogP contribution in [-0.4, -0.2) is 25.3 Å².